The number of hydrogen-bond donors (Lipinski definition) is 2. The monoisotopic (exact) mass is 393 g/mol. The lowest BCUT2D eigenvalue weighted by molar-refractivity contribution is -0.136. The number of benzene rings is 1. The predicted molar refractivity (Wildman–Crippen MR) is 101 cm³/mol. The summed E-state index contributed by atoms with van der Waals surface area (Å²) < 4.78 is 40.1. The van der Waals surface area contributed by atoms with E-state index in [1.54, 1.807) is 0 Å². The molecule has 142 valence electrons. The largest absolute Gasteiger partial charge is 0.417 e. The summed E-state index contributed by atoms with van der Waals surface area (Å²) >= 11 is 0.876. The average Bonchev–Trinajstić information content (AvgIpc) is 2.95. The summed E-state index contributed by atoms with van der Waals surface area (Å²) in [5.41, 5.74) is 6.15. The van der Waals surface area contributed by atoms with E-state index in [1.165, 1.54) is 6.92 Å². The fourth-order valence-corrected chi connectivity index (χ4v) is 3.94. The number of carbonyl (C=O) groups is 1. The van der Waals surface area contributed by atoms with Crippen LogP contribution < -0.4 is 11.1 Å². The molecule has 1 amide bonds. The molecule has 0 radical (unpaired) electrons. The first-order valence-electron chi connectivity index (χ1n) is 8.28. The molecule has 1 atom stereocenters. The number of pyridine rings is 1. The number of nitrogens with two attached hydrogens (primary N) is 1. The van der Waals surface area contributed by atoms with Gasteiger partial charge < -0.3 is 11.1 Å². The second-order valence-corrected chi connectivity index (χ2v) is 7.35. The molecule has 3 N–H and O–H groups in total. The van der Waals surface area contributed by atoms with Crippen LogP contribution >= 0.6 is 11.3 Å². The molecule has 3 aromatic rings. The number of nitrogens with one attached hydrogen (secondary N) is 1. The molecule has 0 spiro atoms. The third kappa shape index (κ3) is 3.90. The van der Waals surface area contributed by atoms with Gasteiger partial charge in [0.25, 0.3) is 5.91 Å². The van der Waals surface area contributed by atoms with Gasteiger partial charge in [-0.05, 0) is 24.5 Å². The average molecular weight is 393 g/mol. The van der Waals surface area contributed by atoms with E-state index in [-0.39, 0.29) is 32.4 Å². The fraction of sp³-hybridized carbons (Fsp3) is 0.263. The molecule has 2 aromatic heterocycles. The van der Waals surface area contributed by atoms with Gasteiger partial charge in [0.1, 0.15) is 9.71 Å². The van der Waals surface area contributed by atoms with E-state index in [2.05, 4.69) is 10.3 Å². The number of hydrogen-bond acceptors (Lipinski definition) is 4. The molecule has 2 heterocycles. The van der Waals surface area contributed by atoms with Crippen molar-refractivity contribution in [3.8, 4) is 0 Å². The summed E-state index contributed by atoms with van der Waals surface area (Å²) in [5, 5.41) is 2.55. The molecule has 8 heteroatoms. The molecular weight excluding hydrogens is 375 g/mol. The number of nitrogen functional groups attached to an aromatic ring is 1. The minimum Gasteiger partial charge on any atom is -0.397 e. The highest BCUT2D eigenvalue weighted by molar-refractivity contribution is 7.21. The first-order valence-corrected chi connectivity index (χ1v) is 9.10. The van der Waals surface area contributed by atoms with E-state index in [4.69, 9.17) is 5.73 Å². The van der Waals surface area contributed by atoms with E-state index in [0.29, 0.717) is 6.54 Å². The lowest BCUT2D eigenvalue weighted by Crippen LogP contribution is -2.27. The number of alkyl halides is 3. The van der Waals surface area contributed by atoms with Gasteiger partial charge in [-0.15, -0.1) is 11.3 Å². The summed E-state index contributed by atoms with van der Waals surface area (Å²) in [6, 6.07) is 10.6. The maximum Gasteiger partial charge on any atom is 0.417 e. The minimum absolute atomic E-state index is 0.0499. The van der Waals surface area contributed by atoms with Crippen molar-refractivity contribution in [3.05, 3.63) is 58.1 Å². The number of halogens is 3. The van der Waals surface area contributed by atoms with Gasteiger partial charge in [-0.2, -0.15) is 13.2 Å². The number of aromatic nitrogens is 1. The highest BCUT2D eigenvalue weighted by Crippen LogP contribution is 2.42. The van der Waals surface area contributed by atoms with Gasteiger partial charge >= 0.3 is 6.18 Å². The highest BCUT2D eigenvalue weighted by Gasteiger charge is 2.35. The zero-order valence-electron chi connectivity index (χ0n) is 14.7. The molecule has 0 aliphatic rings. The Balaban J connectivity index is 1.88. The number of amides is 1. The molecule has 1 aromatic carbocycles. The number of anilines is 1. The lowest BCUT2D eigenvalue weighted by Gasteiger charge is -2.13. The summed E-state index contributed by atoms with van der Waals surface area (Å²) in [7, 11) is 0. The third-order valence-electron chi connectivity index (χ3n) is 4.28. The zero-order valence-corrected chi connectivity index (χ0v) is 15.5. The van der Waals surface area contributed by atoms with Gasteiger partial charge in [0.05, 0.1) is 11.3 Å². The Bertz CT molecular complexity index is 983. The molecule has 0 fully saturated rings. The van der Waals surface area contributed by atoms with Gasteiger partial charge in [-0.1, -0.05) is 37.3 Å². The van der Waals surface area contributed by atoms with Gasteiger partial charge in [0.15, 0.2) is 0 Å². The van der Waals surface area contributed by atoms with Crippen LogP contribution in [0.25, 0.3) is 10.2 Å². The molecule has 0 unspecified atom stereocenters. The number of carbonyl (C=O) groups excluding carboxylic acids is 1. The SMILES string of the molecule is Cc1cc(C(F)(F)F)c2c(N)c(C(=O)NC[C@H](C)c3ccccc3)sc2n1. The predicted octanol–water partition coefficient (Wildman–Crippen LogP) is 4.74. The normalized spacial score (nSPS) is 12.9. The fourth-order valence-electron chi connectivity index (χ4n) is 2.86. The Kier molecular flexibility index (Phi) is 5.10. The lowest BCUT2D eigenvalue weighted by atomic mass is 10.0. The number of fused-ring (bicyclic) bond motifs is 1. The molecule has 0 bridgehead atoms. The van der Waals surface area contributed by atoms with Crippen molar-refractivity contribution in [2.75, 3.05) is 12.3 Å². The summed E-state index contributed by atoms with van der Waals surface area (Å²) in [6.45, 7) is 3.78. The summed E-state index contributed by atoms with van der Waals surface area (Å²) in [4.78, 5) is 16.8. The van der Waals surface area contributed by atoms with Crippen molar-refractivity contribution in [2.45, 2.75) is 25.9 Å². The Hall–Kier alpha value is -2.61. The van der Waals surface area contributed by atoms with Crippen LogP contribution in [0.15, 0.2) is 36.4 Å². The van der Waals surface area contributed by atoms with Gasteiger partial charge in [-0.25, -0.2) is 4.98 Å². The number of aryl methyl sites for hydroxylation is 1. The van der Waals surface area contributed by atoms with Crippen molar-refractivity contribution in [1.29, 1.82) is 0 Å². The molecule has 0 saturated carbocycles. The minimum atomic E-state index is -4.57. The topological polar surface area (TPSA) is 68.0 Å². The van der Waals surface area contributed by atoms with Crippen LogP contribution in [0, 0.1) is 6.92 Å². The second-order valence-electron chi connectivity index (χ2n) is 6.36. The van der Waals surface area contributed by atoms with Crippen molar-refractivity contribution in [3.63, 3.8) is 0 Å². The molecular formula is C19H18F3N3OS. The summed E-state index contributed by atoms with van der Waals surface area (Å²) in [6.07, 6.45) is -4.57. The van der Waals surface area contributed by atoms with E-state index < -0.39 is 17.6 Å². The molecule has 27 heavy (non-hydrogen) atoms. The quantitative estimate of drug-likeness (QED) is 0.673. The smallest absolute Gasteiger partial charge is 0.397 e. The van der Waals surface area contributed by atoms with E-state index in [1.807, 2.05) is 37.3 Å². The maximum absolute atomic E-state index is 13.4. The first kappa shape index (κ1) is 19.2. The number of rotatable bonds is 4. The van der Waals surface area contributed by atoms with Gasteiger partial charge in [0.2, 0.25) is 0 Å². The number of thiophene rings is 1. The van der Waals surface area contributed by atoms with Gasteiger partial charge in [0, 0.05) is 17.6 Å². The van der Waals surface area contributed by atoms with Crippen LogP contribution in [-0.4, -0.2) is 17.4 Å². The summed E-state index contributed by atoms with van der Waals surface area (Å²) in [5.74, 6) is -0.444. The molecule has 0 saturated heterocycles. The van der Waals surface area contributed by atoms with Crippen LogP contribution in [-0.2, 0) is 6.18 Å². The zero-order chi connectivity index (χ0) is 19.8. The Morgan fingerprint density at radius 1 is 1.30 bits per heavy atom. The van der Waals surface area contributed by atoms with Crippen LogP contribution in [0.3, 0.4) is 0 Å². The van der Waals surface area contributed by atoms with Crippen molar-refractivity contribution < 1.29 is 18.0 Å². The standard InChI is InChI=1S/C19H18F3N3OS/c1-10(12-6-4-3-5-7-12)9-24-17(26)16-15(23)14-13(19(20,21)22)8-11(2)25-18(14)27-16/h3-8,10H,9,23H2,1-2H3,(H,24,26)/t10-/m0/s1. The molecule has 4 nitrogen and oxygen atoms in total. The molecule has 0 aliphatic heterocycles. The van der Waals surface area contributed by atoms with Crippen molar-refractivity contribution in [1.82, 2.24) is 10.3 Å². The van der Waals surface area contributed by atoms with E-state index in [0.717, 1.165) is 23.0 Å². The van der Waals surface area contributed by atoms with Gasteiger partial charge in [-0.3, -0.25) is 4.79 Å². The van der Waals surface area contributed by atoms with E-state index in [9.17, 15) is 18.0 Å². The first-order chi connectivity index (χ1) is 12.7. The highest BCUT2D eigenvalue weighted by atomic mass is 32.1. The van der Waals surface area contributed by atoms with Crippen LogP contribution in [0.4, 0.5) is 18.9 Å². The molecule has 0 aliphatic carbocycles. The maximum atomic E-state index is 13.4. The Morgan fingerprint density at radius 2 is 1.96 bits per heavy atom. The van der Waals surface area contributed by atoms with E-state index >= 15 is 0 Å². The van der Waals surface area contributed by atoms with Crippen LogP contribution in [0.1, 0.15) is 39.3 Å². The third-order valence-corrected chi connectivity index (χ3v) is 5.37. The van der Waals surface area contributed by atoms with Crippen LogP contribution in [0.2, 0.25) is 0 Å². The van der Waals surface area contributed by atoms with Crippen molar-refractivity contribution >= 4 is 33.1 Å². The molecule has 3 rings (SSSR count). The van der Waals surface area contributed by atoms with Crippen molar-refractivity contribution in [2.24, 2.45) is 0 Å². The Morgan fingerprint density at radius 3 is 2.59 bits per heavy atom. The Labute approximate surface area is 158 Å². The van der Waals surface area contributed by atoms with Crippen LogP contribution in [0.5, 0.6) is 0 Å². The number of nitrogens with zero attached hydrogens (tertiary/aromatic N) is 1. The second kappa shape index (κ2) is 7.19.